The molecule has 116 valence electrons. The lowest BCUT2D eigenvalue weighted by Gasteiger charge is -2.28. The zero-order valence-corrected chi connectivity index (χ0v) is 12.7. The zero-order valence-electron chi connectivity index (χ0n) is 12.7. The topological polar surface area (TPSA) is 70.6 Å². The van der Waals surface area contributed by atoms with E-state index in [1.54, 1.807) is 7.11 Å². The lowest BCUT2D eigenvalue weighted by Crippen LogP contribution is -2.40. The number of benzene rings is 1. The molecule has 3 N–H and O–H groups in total. The molecule has 1 fully saturated rings. The second-order valence-corrected chi connectivity index (χ2v) is 5.70. The standard InChI is InChI=1S/C16H24N2O3/c1-11-3-8-14(15(9-11)21-2)18-16(20)17-13-6-4-12(10-19)5-7-13/h3,8-9,12-13,19H,4-7,10H2,1-2H3,(H2,17,18,20). The van der Waals surface area contributed by atoms with E-state index in [1.165, 1.54) is 0 Å². The molecule has 1 aromatic rings. The predicted molar refractivity (Wildman–Crippen MR) is 82.7 cm³/mol. The van der Waals surface area contributed by atoms with Gasteiger partial charge in [-0.05, 0) is 56.2 Å². The molecule has 0 radical (unpaired) electrons. The summed E-state index contributed by atoms with van der Waals surface area (Å²) in [6.45, 7) is 2.23. The molecule has 21 heavy (non-hydrogen) atoms. The van der Waals surface area contributed by atoms with Gasteiger partial charge in [-0.2, -0.15) is 0 Å². The molecule has 0 heterocycles. The second-order valence-electron chi connectivity index (χ2n) is 5.70. The molecule has 0 aliphatic heterocycles. The van der Waals surface area contributed by atoms with Crippen LogP contribution in [0.25, 0.3) is 0 Å². The van der Waals surface area contributed by atoms with E-state index < -0.39 is 0 Å². The van der Waals surface area contributed by atoms with Crippen molar-refractivity contribution < 1.29 is 14.6 Å². The first-order chi connectivity index (χ1) is 10.1. The summed E-state index contributed by atoms with van der Waals surface area (Å²) in [7, 11) is 1.59. The Morgan fingerprint density at radius 1 is 1.33 bits per heavy atom. The number of hydrogen-bond donors (Lipinski definition) is 3. The largest absolute Gasteiger partial charge is 0.495 e. The molecule has 1 aromatic carbocycles. The number of ether oxygens (including phenoxy) is 1. The maximum absolute atomic E-state index is 12.1. The normalized spacial score (nSPS) is 21.7. The molecular formula is C16H24N2O3. The fourth-order valence-corrected chi connectivity index (χ4v) is 2.73. The number of carbonyl (C=O) groups is 1. The van der Waals surface area contributed by atoms with E-state index in [2.05, 4.69) is 10.6 Å². The Kier molecular flexibility index (Phi) is 5.44. The molecule has 0 spiro atoms. The SMILES string of the molecule is COc1cc(C)ccc1NC(=O)NC1CCC(CO)CC1. The van der Waals surface area contributed by atoms with E-state index in [-0.39, 0.29) is 18.7 Å². The molecule has 2 amide bonds. The average molecular weight is 292 g/mol. The number of carbonyl (C=O) groups excluding carboxylic acids is 1. The molecule has 0 saturated heterocycles. The molecule has 0 aromatic heterocycles. The summed E-state index contributed by atoms with van der Waals surface area (Å²) >= 11 is 0. The number of amides is 2. The minimum atomic E-state index is -0.204. The highest BCUT2D eigenvalue weighted by Crippen LogP contribution is 2.26. The molecule has 1 aliphatic carbocycles. The van der Waals surface area contributed by atoms with Gasteiger partial charge in [-0.3, -0.25) is 0 Å². The number of aliphatic hydroxyl groups excluding tert-OH is 1. The Labute approximate surface area is 125 Å². The second kappa shape index (κ2) is 7.31. The lowest BCUT2D eigenvalue weighted by atomic mass is 9.87. The molecular weight excluding hydrogens is 268 g/mol. The van der Waals surface area contributed by atoms with Crippen molar-refractivity contribution in [1.82, 2.24) is 5.32 Å². The Morgan fingerprint density at radius 2 is 2.05 bits per heavy atom. The fourth-order valence-electron chi connectivity index (χ4n) is 2.73. The van der Waals surface area contributed by atoms with Gasteiger partial charge in [-0.15, -0.1) is 0 Å². The van der Waals surface area contributed by atoms with Gasteiger partial charge in [0.25, 0.3) is 0 Å². The summed E-state index contributed by atoms with van der Waals surface area (Å²) in [5.74, 6) is 1.05. The van der Waals surface area contributed by atoms with Crippen LogP contribution in [-0.4, -0.2) is 30.9 Å². The first-order valence-corrected chi connectivity index (χ1v) is 7.45. The number of nitrogens with one attached hydrogen (secondary N) is 2. The van der Waals surface area contributed by atoms with Crippen molar-refractivity contribution in [3.8, 4) is 5.75 Å². The van der Waals surface area contributed by atoms with Gasteiger partial charge in [0.1, 0.15) is 5.75 Å². The summed E-state index contributed by atoms with van der Waals surface area (Å²) in [6, 6.07) is 5.65. The molecule has 0 unspecified atom stereocenters. The Morgan fingerprint density at radius 3 is 2.67 bits per heavy atom. The monoisotopic (exact) mass is 292 g/mol. The van der Waals surface area contributed by atoms with Gasteiger partial charge in [-0.1, -0.05) is 6.07 Å². The molecule has 1 saturated carbocycles. The number of aliphatic hydroxyl groups is 1. The van der Waals surface area contributed by atoms with Crippen LogP contribution in [-0.2, 0) is 0 Å². The van der Waals surface area contributed by atoms with Gasteiger partial charge in [0, 0.05) is 12.6 Å². The highest BCUT2D eigenvalue weighted by atomic mass is 16.5. The third kappa shape index (κ3) is 4.36. The van der Waals surface area contributed by atoms with Crippen LogP contribution in [0.2, 0.25) is 0 Å². The van der Waals surface area contributed by atoms with E-state index in [4.69, 9.17) is 9.84 Å². The van der Waals surface area contributed by atoms with E-state index in [0.29, 0.717) is 17.4 Å². The van der Waals surface area contributed by atoms with Crippen molar-refractivity contribution in [3.05, 3.63) is 23.8 Å². The van der Waals surface area contributed by atoms with Crippen LogP contribution in [0.5, 0.6) is 5.75 Å². The Balaban J connectivity index is 1.87. The van der Waals surface area contributed by atoms with Crippen LogP contribution in [0.3, 0.4) is 0 Å². The fraction of sp³-hybridized carbons (Fsp3) is 0.562. The summed E-state index contributed by atoms with van der Waals surface area (Å²) in [4.78, 5) is 12.1. The number of hydrogen-bond acceptors (Lipinski definition) is 3. The zero-order chi connectivity index (χ0) is 15.2. The first kappa shape index (κ1) is 15.6. The first-order valence-electron chi connectivity index (χ1n) is 7.45. The molecule has 1 aliphatic rings. The Bertz CT molecular complexity index is 482. The number of anilines is 1. The number of aryl methyl sites for hydroxylation is 1. The quantitative estimate of drug-likeness (QED) is 0.799. The molecule has 0 bridgehead atoms. The summed E-state index contributed by atoms with van der Waals surface area (Å²) in [6.07, 6.45) is 3.78. The molecule has 0 atom stereocenters. The van der Waals surface area contributed by atoms with Gasteiger partial charge >= 0.3 is 6.03 Å². The lowest BCUT2D eigenvalue weighted by molar-refractivity contribution is 0.176. The Hall–Kier alpha value is -1.75. The van der Waals surface area contributed by atoms with E-state index >= 15 is 0 Å². The summed E-state index contributed by atoms with van der Waals surface area (Å²) in [5, 5.41) is 14.9. The van der Waals surface area contributed by atoms with Gasteiger partial charge in [-0.25, -0.2) is 4.79 Å². The minimum absolute atomic E-state index is 0.184. The maximum atomic E-state index is 12.1. The van der Waals surface area contributed by atoms with Crippen molar-refractivity contribution in [2.24, 2.45) is 5.92 Å². The van der Waals surface area contributed by atoms with Crippen LogP contribution in [0.1, 0.15) is 31.2 Å². The van der Waals surface area contributed by atoms with Crippen molar-refractivity contribution in [2.45, 2.75) is 38.6 Å². The van der Waals surface area contributed by atoms with Crippen molar-refractivity contribution >= 4 is 11.7 Å². The third-order valence-electron chi connectivity index (χ3n) is 4.05. The minimum Gasteiger partial charge on any atom is -0.495 e. The predicted octanol–water partition coefficient (Wildman–Crippen LogP) is 2.68. The van der Waals surface area contributed by atoms with Crippen LogP contribution in [0, 0.1) is 12.8 Å². The van der Waals surface area contributed by atoms with Crippen LogP contribution in [0.15, 0.2) is 18.2 Å². The molecule has 5 heteroatoms. The van der Waals surface area contributed by atoms with Crippen LogP contribution < -0.4 is 15.4 Å². The van der Waals surface area contributed by atoms with Gasteiger partial charge in [0.15, 0.2) is 0 Å². The highest BCUT2D eigenvalue weighted by molar-refractivity contribution is 5.91. The van der Waals surface area contributed by atoms with E-state index in [0.717, 1.165) is 31.2 Å². The average Bonchev–Trinajstić information content (AvgIpc) is 2.49. The van der Waals surface area contributed by atoms with Crippen LogP contribution >= 0.6 is 0 Å². The van der Waals surface area contributed by atoms with Gasteiger partial charge in [0.05, 0.1) is 12.8 Å². The third-order valence-corrected chi connectivity index (χ3v) is 4.05. The van der Waals surface area contributed by atoms with Crippen LogP contribution in [0.4, 0.5) is 10.5 Å². The summed E-state index contributed by atoms with van der Waals surface area (Å²) in [5.41, 5.74) is 1.75. The van der Waals surface area contributed by atoms with E-state index in [1.807, 2.05) is 25.1 Å². The summed E-state index contributed by atoms with van der Waals surface area (Å²) < 4.78 is 5.28. The van der Waals surface area contributed by atoms with Gasteiger partial charge in [0.2, 0.25) is 0 Å². The molecule has 2 rings (SSSR count). The van der Waals surface area contributed by atoms with Crippen molar-refractivity contribution in [2.75, 3.05) is 19.0 Å². The van der Waals surface area contributed by atoms with Gasteiger partial charge < -0.3 is 20.5 Å². The molecule has 5 nitrogen and oxygen atoms in total. The van der Waals surface area contributed by atoms with Crippen molar-refractivity contribution in [1.29, 1.82) is 0 Å². The van der Waals surface area contributed by atoms with Crippen molar-refractivity contribution in [3.63, 3.8) is 0 Å². The number of rotatable bonds is 4. The highest BCUT2D eigenvalue weighted by Gasteiger charge is 2.22. The number of methoxy groups -OCH3 is 1. The number of urea groups is 1. The van der Waals surface area contributed by atoms with E-state index in [9.17, 15) is 4.79 Å². The smallest absolute Gasteiger partial charge is 0.319 e. The maximum Gasteiger partial charge on any atom is 0.319 e.